The number of aliphatic hydroxyl groups is 2. The third-order valence-electron chi connectivity index (χ3n) is 15.9. The SMILES string of the molecule is CC/C=C\C/C=C\C/C=C\CCCCCCCCCC(=O)OC1C(OCC(COC(=O)CCCCCCCCCCCCCCCCCCCCC)OC(=O)CCCCCCCCC/C=C\CCCCCCCC)OC(C(=O)O)C(O)C1O. The quantitative estimate of drug-likeness (QED) is 0.0228. The number of hydrogen-bond donors (Lipinski definition) is 3. The highest BCUT2D eigenvalue weighted by atomic mass is 16.7. The largest absolute Gasteiger partial charge is 0.479 e. The van der Waals surface area contributed by atoms with Gasteiger partial charge in [-0.3, -0.25) is 14.4 Å². The lowest BCUT2D eigenvalue weighted by molar-refractivity contribution is -0.301. The first-order valence-electron chi connectivity index (χ1n) is 34.6. The number of carboxylic acids is 1. The second-order valence-electron chi connectivity index (χ2n) is 23.8. The molecule has 482 valence electrons. The Morgan fingerprint density at radius 1 is 0.410 bits per heavy atom. The summed E-state index contributed by atoms with van der Waals surface area (Å²) in [6.45, 7) is 5.94. The lowest BCUT2D eigenvalue weighted by Crippen LogP contribution is -2.61. The topological polar surface area (TPSA) is 175 Å². The number of esters is 3. The molecule has 12 heteroatoms. The predicted octanol–water partition coefficient (Wildman–Crippen LogP) is 18.9. The molecule has 1 rings (SSSR count). The summed E-state index contributed by atoms with van der Waals surface area (Å²) in [6, 6.07) is 0. The molecule has 0 radical (unpaired) electrons. The lowest BCUT2D eigenvalue weighted by atomic mass is 9.98. The van der Waals surface area contributed by atoms with Crippen LogP contribution in [0.15, 0.2) is 48.6 Å². The first kappa shape index (κ1) is 77.7. The summed E-state index contributed by atoms with van der Waals surface area (Å²) in [5.74, 6) is -3.10. The summed E-state index contributed by atoms with van der Waals surface area (Å²) in [4.78, 5) is 51.4. The van der Waals surface area contributed by atoms with E-state index in [9.17, 15) is 34.5 Å². The predicted molar refractivity (Wildman–Crippen MR) is 340 cm³/mol. The van der Waals surface area contributed by atoms with Crippen molar-refractivity contribution in [2.75, 3.05) is 13.2 Å². The van der Waals surface area contributed by atoms with Crippen molar-refractivity contribution in [1.82, 2.24) is 0 Å². The van der Waals surface area contributed by atoms with Gasteiger partial charge >= 0.3 is 23.9 Å². The number of carbonyl (C=O) groups is 4. The second-order valence-corrected chi connectivity index (χ2v) is 23.8. The molecule has 0 saturated carbocycles. The number of aliphatic hydroxyl groups excluding tert-OH is 2. The summed E-state index contributed by atoms with van der Waals surface area (Å²) in [6.07, 6.45) is 60.6. The third-order valence-corrected chi connectivity index (χ3v) is 15.9. The number of ether oxygens (including phenoxy) is 5. The highest BCUT2D eigenvalue weighted by Crippen LogP contribution is 2.27. The van der Waals surface area contributed by atoms with Gasteiger partial charge < -0.3 is 39.0 Å². The Bertz CT molecular complexity index is 1630. The molecule has 6 atom stereocenters. The fourth-order valence-corrected chi connectivity index (χ4v) is 10.6. The summed E-state index contributed by atoms with van der Waals surface area (Å²) in [5.41, 5.74) is 0. The molecule has 3 N–H and O–H groups in total. The highest BCUT2D eigenvalue weighted by molar-refractivity contribution is 5.74. The van der Waals surface area contributed by atoms with Crippen molar-refractivity contribution in [3.05, 3.63) is 48.6 Å². The summed E-state index contributed by atoms with van der Waals surface area (Å²) in [5, 5.41) is 31.6. The van der Waals surface area contributed by atoms with Crippen LogP contribution in [0.1, 0.15) is 329 Å². The Balaban J connectivity index is 2.63. The van der Waals surface area contributed by atoms with Crippen LogP contribution >= 0.6 is 0 Å². The van der Waals surface area contributed by atoms with Crippen molar-refractivity contribution >= 4 is 23.9 Å². The van der Waals surface area contributed by atoms with E-state index in [1.165, 1.54) is 154 Å². The van der Waals surface area contributed by atoms with Crippen LogP contribution in [0.25, 0.3) is 0 Å². The molecule has 1 fully saturated rings. The van der Waals surface area contributed by atoms with Crippen molar-refractivity contribution in [1.29, 1.82) is 0 Å². The van der Waals surface area contributed by atoms with Crippen molar-refractivity contribution in [3.8, 4) is 0 Å². The minimum atomic E-state index is -1.91. The second kappa shape index (κ2) is 59.0. The molecule has 83 heavy (non-hydrogen) atoms. The lowest BCUT2D eigenvalue weighted by Gasteiger charge is -2.40. The molecule has 0 aromatic carbocycles. The monoisotopic (exact) mass is 1170 g/mol. The number of aliphatic carboxylic acids is 1. The first-order chi connectivity index (χ1) is 40.6. The molecule has 1 aliphatic heterocycles. The van der Waals surface area contributed by atoms with Gasteiger partial charge in [-0.1, -0.05) is 281 Å². The summed E-state index contributed by atoms with van der Waals surface area (Å²) in [7, 11) is 0. The van der Waals surface area contributed by atoms with Crippen molar-refractivity contribution in [3.63, 3.8) is 0 Å². The molecule has 0 aromatic rings. The average molecular weight is 1170 g/mol. The Kier molecular flexibility index (Phi) is 55.3. The van der Waals surface area contributed by atoms with E-state index in [2.05, 4.69) is 69.4 Å². The Hall–Kier alpha value is -3.32. The maximum absolute atomic E-state index is 13.2. The van der Waals surface area contributed by atoms with Crippen LogP contribution in [-0.2, 0) is 42.9 Å². The molecule has 1 saturated heterocycles. The van der Waals surface area contributed by atoms with Gasteiger partial charge in [-0.2, -0.15) is 0 Å². The highest BCUT2D eigenvalue weighted by Gasteiger charge is 2.50. The molecule has 0 spiro atoms. The van der Waals surface area contributed by atoms with Gasteiger partial charge in [0.05, 0.1) is 6.61 Å². The normalized spacial score (nSPS) is 17.8. The van der Waals surface area contributed by atoms with E-state index in [0.29, 0.717) is 19.3 Å². The van der Waals surface area contributed by atoms with Crippen LogP contribution in [0.2, 0.25) is 0 Å². The van der Waals surface area contributed by atoms with Crippen LogP contribution < -0.4 is 0 Å². The van der Waals surface area contributed by atoms with Gasteiger partial charge in [0, 0.05) is 19.3 Å². The molecule has 0 amide bonds. The van der Waals surface area contributed by atoms with E-state index in [0.717, 1.165) is 116 Å². The van der Waals surface area contributed by atoms with Crippen molar-refractivity contribution in [2.45, 2.75) is 366 Å². The molecular formula is C71H126O12. The van der Waals surface area contributed by atoms with E-state index >= 15 is 0 Å². The zero-order chi connectivity index (χ0) is 60.3. The zero-order valence-corrected chi connectivity index (χ0v) is 53.5. The number of carbonyl (C=O) groups excluding carboxylic acids is 3. The maximum atomic E-state index is 13.2. The fraction of sp³-hybridized carbons (Fsp3) is 0.831. The zero-order valence-electron chi connectivity index (χ0n) is 53.5. The Labute approximate surface area is 507 Å². The molecule has 0 aliphatic carbocycles. The van der Waals surface area contributed by atoms with Gasteiger partial charge in [-0.25, -0.2) is 4.79 Å². The van der Waals surface area contributed by atoms with E-state index in [-0.39, 0.29) is 25.9 Å². The average Bonchev–Trinajstić information content (AvgIpc) is 3.55. The smallest absolute Gasteiger partial charge is 0.335 e. The molecule has 12 nitrogen and oxygen atoms in total. The summed E-state index contributed by atoms with van der Waals surface area (Å²) < 4.78 is 28.6. The van der Waals surface area contributed by atoms with Gasteiger partial charge in [-0.15, -0.1) is 0 Å². The van der Waals surface area contributed by atoms with E-state index < -0.39 is 67.3 Å². The van der Waals surface area contributed by atoms with Crippen molar-refractivity contribution < 1.29 is 58.2 Å². The van der Waals surface area contributed by atoms with Crippen LogP contribution in [-0.4, -0.2) is 89.2 Å². The standard InChI is InChI=1S/C71H126O12/c1-4-7-10-13-16-19-22-25-28-31-32-35-36-39-42-45-48-51-54-57-63(72)79-60-62(81-64(73)58-55-52-49-46-43-40-37-33-29-26-23-20-17-14-11-8-5-2)61-80-71-69(67(76)66(75)68(83-71)70(77)78)82-65(74)59-56-53-50-47-44-41-38-34-30-27-24-21-18-15-12-9-6-3/h9,12,18,21,26-27,29-30,62,66-69,71,75-76H,4-8,10-11,13-17,19-20,22-25,28,31-61H2,1-3H3,(H,77,78)/b12-9-,21-18-,29-26-,30-27-. The minimum Gasteiger partial charge on any atom is -0.479 e. The Morgan fingerprint density at radius 2 is 0.759 bits per heavy atom. The van der Waals surface area contributed by atoms with Gasteiger partial charge in [0.25, 0.3) is 0 Å². The molecule has 0 aromatic heterocycles. The summed E-state index contributed by atoms with van der Waals surface area (Å²) >= 11 is 0. The molecular weight excluding hydrogens is 1040 g/mol. The van der Waals surface area contributed by atoms with Crippen LogP contribution in [0, 0.1) is 0 Å². The van der Waals surface area contributed by atoms with Gasteiger partial charge in [0.1, 0.15) is 18.8 Å². The van der Waals surface area contributed by atoms with Gasteiger partial charge in [-0.05, 0) is 77.0 Å². The number of unbranched alkanes of at least 4 members (excludes halogenated alkanes) is 38. The molecule has 6 unspecified atom stereocenters. The van der Waals surface area contributed by atoms with E-state index in [4.69, 9.17) is 23.7 Å². The van der Waals surface area contributed by atoms with Crippen LogP contribution in [0.5, 0.6) is 0 Å². The minimum absolute atomic E-state index is 0.0508. The third kappa shape index (κ3) is 48.5. The van der Waals surface area contributed by atoms with E-state index in [1.54, 1.807) is 0 Å². The van der Waals surface area contributed by atoms with Gasteiger partial charge in [0.15, 0.2) is 24.6 Å². The molecule has 1 heterocycles. The Morgan fingerprint density at radius 3 is 1.17 bits per heavy atom. The van der Waals surface area contributed by atoms with E-state index in [1.807, 2.05) is 0 Å². The van der Waals surface area contributed by atoms with Gasteiger partial charge in [0.2, 0.25) is 0 Å². The fourth-order valence-electron chi connectivity index (χ4n) is 10.6. The molecule has 1 aliphatic rings. The van der Waals surface area contributed by atoms with Crippen LogP contribution in [0.3, 0.4) is 0 Å². The molecule has 0 bridgehead atoms. The maximum Gasteiger partial charge on any atom is 0.335 e. The van der Waals surface area contributed by atoms with Crippen LogP contribution in [0.4, 0.5) is 0 Å². The first-order valence-corrected chi connectivity index (χ1v) is 34.6. The number of hydrogen-bond acceptors (Lipinski definition) is 11. The number of allylic oxidation sites excluding steroid dienone is 8. The number of carboxylic acid groups (broad SMARTS) is 1. The van der Waals surface area contributed by atoms with Crippen molar-refractivity contribution in [2.24, 2.45) is 0 Å². The number of rotatable bonds is 60.